The quantitative estimate of drug-likeness (QED) is 0.797. The molecule has 17 heavy (non-hydrogen) atoms. The molecule has 5 nitrogen and oxygen atoms in total. The minimum atomic E-state index is -0.139. The second kappa shape index (κ2) is 5.82. The number of anilines is 1. The predicted molar refractivity (Wildman–Crippen MR) is 67.5 cm³/mol. The number of aromatic nitrogens is 2. The molecule has 0 amide bonds. The van der Waals surface area contributed by atoms with E-state index in [2.05, 4.69) is 15.3 Å². The molecule has 0 atom stereocenters. The molecule has 1 N–H and O–H groups in total. The highest BCUT2D eigenvalue weighted by molar-refractivity contribution is 5.31. The van der Waals surface area contributed by atoms with Crippen LogP contribution in [0, 0.1) is 6.92 Å². The van der Waals surface area contributed by atoms with E-state index in [0.717, 1.165) is 5.56 Å². The van der Waals surface area contributed by atoms with Gasteiger partial charge >= 0.3 is 0 Å². The number of ether oxygens (including phenoxy) is 2. The summed E-state index contributed by atoms with van der Waals surface area (Å²) >= 11 is 0. The predicted octanol–water partition coefficient (Wildman–Crippen LogP) is 2.02. The third-order valence-electron chi connectivity index (χ3n) is 2.01. The third-order valence-corrected chi connectivity index (χ3v) is 2.01. The Morgan fingerprint density at radius 1 is 1.29 bits per heavy atom. The zero-order chi connectivity index (χ0) is 12.9. The van der Waals surface area contributed by atoms with E-state index >= 15 is 0 Å². The van der Waals surface area contributed by atoms with Crippen LogP contribution in [-0.2, 0) is 4.74 Å². The lowest BCUT2D eigenvalue weighted by Gasteiger charge is -2.19. The van der Waals surface area contributed by atoms with Gasteiger partial charge in [0.15, 0.2) is 0 Å². The number of rotatable bonds is 5. The smallest absolute Gasteiger partial charge is 0.225 e. The molecule has 1 aromatic rings. The topological polar surface area (TPSA) is 56.3 Å². The van der Waals surface area contributed by atoms with Crippen molar-refractivity contribution >= 4 is 5.95 Å². The van der Waals surface area contributed by atoms with Crippen molar-refractivity contribution in [2.45, 2.75) is 33.3 Å². The van der Waals surface area contributed by atoms with E-state index in [1.165, 1.54) is 0 Å². The second-order valence-corrected chi connectivity index (χ2v) is 4.74. The van der Waals surface area contributed by atoms with Gasteiger partial charge in [0.05, 0.1) is 12.2 Å². The van der Waals surface area contributed by atoms with Gasteiger partial charge in [-0.3, -0.25) is 0 Å². The van der Waals surface area contributed by atoms with E-state index in [-0.39, 0.29) is 5.60 Å². The highest BCUT2D eigenvalue weighted by Gasteiger charge is 2.10. The van der Waals surface area contributed by atoms with Gasteiger partial charge in [0.2, 0.25) is 11.8 Å². The highest BCUT2D eigenvalue weighted by atomic mass is 16.5. The van der Waals surface area contributed by atoms with Crippen LogP contribution in [0.2, 0.25) is 0 Å². The van der Waals surface area contributed by atoms with Crippen molar-refractivity contribution in [3.8, 4) is 5.88 Å². The summed E-state index contributed by atoms with van der Waals surface area (Å²) in [5, 5.41) is 2.88. The lowest BCUT2D eigenvalue weighted by molar-refractivity contribution is -0.0168. The molecular weight excluding hydrogens is 218 g/mol. The number of hydrogen-bond acceptors (Lipinski definition) is 5. The van der Waals surface area contributed by atoms with Crippen LogP contribution in [0.3, 0.4) is 0 Å². The Balaban J connectivity index is 2.46. The van der Waals surface area contributed by atoms with Gasteiger partial charge in [-0.2, -0.15) is 4.98 Å². The van der Waals surface area contributed by atoms with Crippen LogP contribution in [0.25, 0.3) is 0 Å². The van der Waals surface area contributed by atoms with Gasteiger partial charge in [-0.1, -0.05) is 0 Å². The lowest BCUT2D eigenvalue weighted by Crippen LogP contribution is -2.22. The van der Waals surface area contributed by atoms with Crippen molar-refractivity contribution in [3.63, 3.8) is 0 Å². The maximum atomic E-state index is 5.56. The molecule has 0 radical (unpaired) electrons. The van der Waals surface area contributed by atoms with Crippen LogP contribution >= 0.6 is 0 Å². The lowest BCUT2D eigenvalue weighted by atomic mass is 10.2. The van der Waals surface area contributed by atoms with Gasteiger partial charge in [0, 0.05) is 18.8 Å². The molecule has 1 rings (SSSR count). The maximum absolute atomic E-state index is 5.56. The van der Waals surface area contributed by atoms with Crippen LogP contribution in [0.5, 0.6) is 5.88 Å². The minimum Gasteiger partial charge on any atom is -0.475 e. The first-order valence-corrected chi connectivity index (χ1v) is 5.70. The fourth-order valence-corrected chi connectivity index (χ4v) is 1.18. The molecule has 0 spiro atoms. The fraction of sp³-hybridized carbons (Fsp3) is 0.667. The fourth-order valence-electron chi connectivity index (χ4n) is 1.18. The first-order valence-electron chi connectivity index (χ1n) is 5.70. The summed E-state index contributed by atoms with van der Waals surface area (Å²) in [5.74, 6) is 1.16. The highest BCUT2D eigenvalue weighted by Crippen LogP contribution is 2.15. The van der Waals surface area contributed by atoms with E-state index in [0.29, 0.717) is 25.0 Å². The molecule has 0 aromatic carbocycles. The van der Waals surface area contributed by atoms with Crippen LogP contribution in [0.4, 0.5) is 5.95 Å². The zero-order valence-electron chi connectivity index (χ0n) is 11.2. The number of hydrogen-bond donors (Lipinski definition) is 1. The Bertz CT molecular complexity index is 361. The van der Waals surface area contributed by atoms with Gasteiger partial charge < -0.3 is 14.8 Å². The van der Waals surface area contributed by atoms with Crippen molar-refractivity contribution in [1.82, 2.24) is 9.97 Å². The molecule has 0 fully saturated rings. The van der Waals surface area contributed by atoms with Crippen molar-refractivity contribution in [1.29, 1.82) is 0 Å². The van der Waals surface area contributed by atoms with Crippen molar-refractivity contribution in [2.24, 2.45) is 0 Å². The molecule has 1 heterocycles. The molecule has 5 heteroatoms. The first-order chi connectivity index (χ1) is 7.92. The van der Waals surface area contributed by atoms with Crippen LogP contribution in [0.15, 0.2) is 6.20 Å². The third kappa shape index (κ3) is 4.99. The molecule has 0 unspecified atom stereocenters. The van der Waals surface area contributed by atoms with Crippen LogP contribution < -0.4 is 10.1 Å². The Kier molecular flexibility index (Phi) is 4.69. The van der Waals surface area contributed by atoms with E-state index in [9.17, 15) is 0 Å². The average molecular weight is 239 g/mol. The molecule has 0 aliphatic heterocycles. The molecule has 0 saturated heterocycles. The number of aryl methyl sites for hydroxylation is 1. The largest absolute Gasteiger partial charge is 0.475 e. The van der Waals surface area contributed by atoms with Crippen molar-refractivity contribution in [3.05, 3.63) is 11.8 Å². The summed E-state index contributed by atoms with van der Waals surface area (Å²) in [7, 11) is 1.77. The van der Waals surface area contributed by atoms with E-state index in [1.807, 2.05) is 27.7 Å². The van der Waals surface area contributed by atoms with Gasteiger partial charge in [0.1, 0.15) is 6.61 Å². The Morgan fingerprint density at radius 3 is 2.59 bits per heavy atom. The molecule has 0 bridgehead atoms. The summed E-state index contributed by atoms with van der Waals surface area (Å²) in [6, 6.07) is 0. The summed E-state index contributed by atoms with van der Waals surface area (Å²) in [5.41, 5.74) is 0.778. The van der Waals surface area contributed by atoms with Crippen LogP contribution in [-0.4, -0.2) is 35.8 Å². The van der Waals surface area contributed by atoms with Gasteiger partial charge in [0.25, 0.3) is 0 Å². The zero-order valence-corrected chi connectivity index (χ0v) is 11.2. The van der Waals surface area contributed by atoms with Crippen molar-refractivity contribution < 1.29 is 9.47 Å². The normalized spacial score (nSPS) is 11.4. The molecule has 0 aliphatic rings. The molecule has 96 valence electrons. The van der Waals surface area contributed by atoms with E-state index in [1.54, 1.807) is 13.2 Å². The summed E-state index contributed by atoms with van der Waals surface area (Å²) < 4.78 is 11.1. The molecule has 0 aliphatic carbocycles. The average Bonchev–Trinajstić information content (AvgIpc) is 2.25. The van der Waals surface area contributed by atoms with Crippen molar-refractivity contribution in [2.75, 3.05) is 25.6 Å². The first kappa shape index (κ1) is 13.7. The molecule has 1 aromatic heterocycles. The maximum Gasteiger partial charge on any atom is 0.225 e. The molecule has 0 saturated carbocycles. The Labute approximate surface area is 103 Å². The summed E-state index contributed by atoms with van der Waals surface area (Å²) in [4.78, 5) is 8.32. The standard InChI is InChI=1S/C12H21N3O2/c1-9-8-14-11(13-5)15-10(9)16-6-7-17-12(2,3)4/h8H,6-7H2,1-5H3,(H,13,14,15). The van der Waals surface area contributed by atoms with E-state index in [4.69, 9.17) is 9.47 Å². The van der Waals surface area contributed by atoms with Gasteiger partial charge in [-0.25, -0.2) is 4.98 Å². The summed E-state index contributed by atoms with van der Waals surface area (Å²) in [6.07, 6.45) is 1.73. The Morgan fingerprint density at radius 2 is 2.00 bits per heavy atom. The summed E-state index contributed by atoms with van der Waals surface area (Å²) in [6.45, 7) is 8.99. The van der Waals surface area contributed by atoms with Gasteiger partial charge in [-0.15, -0.1) is 0 Å². The number of nitrogens with one attached hydrogen (secondary N) is 1. The number of nitrogens with zero attached hydrogens (tertiary/aromatic N) is 2. The second-order valence-electron chi connectivity index (χ2n) is 4.74. The van der Waals surface area contributed by atoms with E-state index < -0.39 is 0 Å². The SMILES string of the molecule is CNc1ncc(C)c(OCCOC(C)(C)C)n1. The van der Waals surface area contributed by atoms with Gasteiger partial charge in [-0.05, 0) is 27.7 Å². The minimum absolute atomic E-state index is 0.139. The van der Waals surface area contributed by atoms with Crippen LogP contribution in [0.1, 0.15) is 26.3 Å². The Hall–Kier alpha value is -1.36. The monoisotopic (exact) mass is 239 g/mol. The molecular formula is C12H21N3O2.